The van der Waals surface area contributed by atoms with Crippen LogP contribution in [0.1, 0.15) is 21.9 Å². The summed E-state index contributed by atoms with van der Waals surface area (Å²) in [6.07, 6.45) is 4.66. The van der Waals surface area contributed by atoms with Gasteiger partial charge in [0.15, 0.2) is 0 Å². The minimum absolute atomic E-state index is 0.274. The molecule has 6 heteroatoms. The summed E-state index contributed by atoms with van der Waals surface area (Å²) in [5.41, 5.74) is 0.697. The van der Waals surface area contributed by atoms with Gasteiger partial charge in [-0.3, -0.25) is 4.79 Å². The highest BCUT2D eigenvalue weighted by molar-refractivity contribution is 5.92. The van der Waals surface area contributed by atoms with Crippen LogP contribution in [0.4, 0.5) is 0 Å². The first-order valence-corrected chi connectivity index (χ1v) is 4.92. The van der Waals surface area contributed by atoms with Crippen molar-refractivity contribution >= 4 is 5.91 Å². The molecule has 17 heavy (non-hydrogen) atoms. The lowest BCUT2D eigenvalue weighted by Crippen LogP contribution is -2.24. The van der Waals surface area contributed by atoms with E-state index in [2.05, 4.69) is 20.3 Å². The number of nitrogens with one attached hydrogen (secondary N) is 2. The molecule has 0 saturated heterocycles. The molecule has 0 atom stereocenters. The number of H-pyrrole nitrogens is 1. The van der Waals surface area contributed by atoms with E-state index < -0.39 is 0 Å². The van der Waals surface area contributed by atoms with Crippen molar-refractivity contribution < 1.29 is 4.79 Å². The predicted molar refractivity (Wildman–Crippen MR) is 58.7 cm³/mol. The predicted octanol–water partition coefficient (Wildman–Crippen LogP) is 0.606. The highest BCUT2D eigenvalue weighted by atomic mass is 16.1. The van der Waals surface area contributed by atoms with Crippen molar-refractivity contribution in [3.05, 3.63) is 47.8 Å². The molecule has 2 N–H and O–H groups in total. The Bertz CT molecular complexity index is 538. The largest absolute Gasteiger partial charge is 0.347 e. The van der Waals surface area contributed by atoms with Crippen molar-refractivity contribution in [3.63, 3.8) is 0 Å². The summed E-state index contributed by atoms with van der Waals surface area (Å²) in [5.74, 6) is 0.373. The molecule has 0 radical (unpaired) electrons. The summed E-state index contributed by atoms with van der Waals surface area (Å²) in [7, 11) is 0. The standard InChI is InChI=1S/C11H9N5O/c12-5-8-1-2-9(15-6-8)11(17)16-7-10-13-3-4-14-10/h1-4,6H,7H2,(H,13,14)(H,16,17). The molecule has 2 aromatic heterocycles. The molecule has 0 aromatic carbocycles. The number of nitrogens with zero attached hydrogens (tertiary/aromatic N) is 3. The van der Waals surface area contributed by atoms with Crippen molar-refractivity contribution in [2.45, 2.75) is 6.54 Å². The van der Waals surface area contributed by atoms with Crippen molar-refractivity contribution in [1.82, 2.24) is 20.3 Å². The molecule has 2 heterocycles. The minimum atomic E-state index is -0.300. The van der Waals surface area contributed by atoms with Crippen LogP contribution in [0.3, 0.4) is 0 Å². The summed E-state index contributed by atoms with van der Waals surface area (Å²) in [4.78, 5) is 22.4. The summed E-state index contributed by atoms with van der Waals surface area (Å²) in [6.45, 7) is 0.313. The van der Waals surface area contributed by atoms with Crippen molar-refractivity contribution in [3.8, 4) is 6.07 Å². The van der Waals surface area contributed by atoms with Gasteiger partial charge in [-0.05, 0) is 12.1 Å². The molecule has 2 aromatic rings. The van der Waals surface area contributed by atoms with Crippen molar-refractivity contribution in [1.29, 1.82) is 5.26 Å². The average molecular weight is 227 g/mol. The second-order valence-electron chi connectivity index (χ2n) is 3.26. The highest BCUT2D eigenvalue weighted by Crippen LogP contribution is 1.99. The van der Waals surface area contributed by atoms with Gasteiger partial charge in [-0.2, -0.15) is 5.26 Å². The van der Waals surface area contributed by atoms with Gasteiger partial charge in [0.2, 0.25) is 0 Å². The maximum Gasteiger partial charge on any atom is 0.270 e. The fourth-order valence-electron chi connectivity index (χ4n) is 1.24. The van der Waals surface area contributed by atoms with E-state index in [4.69, 9.17) is 5.26 Å². The molecule has 0 fully saturated rings. The maximum atomic E-state index is 11.6. The first kappa shape index (κ1) is 10.8. The lowest BCUT2D eigenvalue weighted by molar-refractivity contribution is 0.0945. The Labute approximate surface area is 97.3 Å². The molecule has 0 spiro atoms. The quantitative estimate of drug-likeness (QED) is 0.803. The smallest absolute Gasteiger partial charge is 0.270 e. The Hall–Kier alpha value is -2.68. The number of pyridine rings is 1. The van der Waals surface area contributed by atoms with E-state index >= 15 is 0 Å². The molecule has 0 unspecified atom stereocenters. The summed E-state index contributed by atoms with van der Waals surface area (Å²) < 4.78 is 0. The van der Waals surface area contributed by atoms with Crippen LogP contribution in [-0.2, 0) is 6.54 Å². The summed E-state index contributed by atoms with van der Waals surface area (Å²) in [5, 5.41) is 11.3. The number of nitriles is 1. The maximum absolute atomic E-state index is 11.6. The Morgan fingerprint density at radius 2 is 2.35 bits per heavy atom. The van der Waals surface area contributed by atoms with Gasteiger partial charge in [-0.25, -0.2) is 9.97 Å². The molecule has 0 aliphatic heterocycles. The first-order chi connectivity index (χ1) is 8.29. The van der Waals surface area contributed by atoms with Crippen LogP contribution in [0.5, 0.6) is 0 Å². The number of hydrogen-bond acceptors (Lipinski definition) is 4. The van der Waals surface area contributed by atoms with Gasteiger partial charge in [0.05, 0.1) is 12.1 Å². The van der Waals surface area contributed by atoms with Gasteiger partial charge in [0.25, 0.3) is 5.91 Å². The third kappa shape index (κ3) is 2.66. The van der Waals surface area contributed by atoms with E-state index in [1.807, 2.05) is 6.07 Å². The number of aromatic amines is 1. The Kier molecular flexibility index (Phi) is 3.12. The van der Waals surface area contributed by atoms with Crippen LogP contribution >= 0.6 is 0 Å². The van der Waals surface area contributed by atoms with Crippen molar-refractivity contribution in [2.75, 3.05) is 0 Å². The average Bonchev–Trinajstić information content (AvgIpc) is 2.89. The fraction of sp³-hybridized carbons (Fsp3) is 0.0909. The second kappa shape index (κ2) is 4.90. The molecular weight excluding hydrogens is 218 g/mol. The van der Waals surface area contributed by atoms with Gasteiger partial charge in [-0.15, -0.1) is 0 Å². The Morgan fingerprint density at radius 1 is 1.47 bits per heavy atom. The monoisotopic (exact) mass is 227 g/mol. The second-order valence-corrected chi connectivity index (χ2v) is 3.26. The number of aromatic nitrogens is 3. The molecule has 1 amide bonds. The van der Waals surface area contributed by atoms with E-state index in [0.29, 0.717) is 17.9 Å². The minimum Gasteiger partial charge on any atom is -0.347 e. The zero-order valence-electron chi connectivity index (χ0n) is 8.84. The van der Waals surface area contributed by atoms with Crippen LogP contribution in [0.15, 0.2) is 30.7 Å². The summed E-state index contributed by atoms with van der Waals surface area (Å²) in [6, 6.07) is 5.00. The van der Waals surface area contributed by atoms with Crippen molar-refractivity contribution in [2.24, 2.45) is 0 Å². The van der Waals surface area contributed by atoms with Gasteiger partial charge < -0.3 is 10.3 Å². The number of carbonyl (C=O) groups is 1. The van der Waals surface area contributed by atoms with Gasteiger partial charge >= 0.3 is 0 Å². The Balaban J connectivity index is 1.97. The van der Waals surface area contributed by atoms with Gasteiger partial charge in [-0.1, -0.05) is 0 Å². The van der Waals surface area contributed by atoms with Gasteiger partial charge in [0, 0.05) is 18.6 Å². The number of imidazole rings is 1. The Morgan fingerprint density at radius 3 is 2.94 bits per heavy atom. The third-order valence-corrected chi connectivity index (χ3v) is 2.10. The van der Waals surface area contributed by atoms with E-state index in [0.717, 1.165) is 0 Å². The van der Waals surface area contributed by atoms with Crippen LogP contribution in [0.2, 0.25) is 0 Å². The summed E-state index contributed by atoms with van der Waals surface area (Å²) >= 11 is 0. The lowest BCUT2D eigenvalue weighted by atomic mass is 10.2. The third-order valence-electron chi connectivity index (χ3n) is 2.10. The molecule has 84 valence electrons. The normalized spacial score (nSPS) is 9.59. The molecular formula is C11H9N5O. The van der Waals surface area contributed by atoms with Gasteiger partial charge in [0.1, 0.15) is 17.6 Å². The highest BCUT2D eigenvalue weighted by Gasteiger charge is 2.07. The van der Waals surface area contributed by atoms with Crippen LogP contribution < -0.4 is 5.32 Å². The number of rotatable bonds is 3. The zero-order valence-corrected chi connectivity index (χ0v) is 8.84. The molecule has 0 bridgehead atoms. The number of hydrogen-bond donors (Lipinski definition) is 2. The number of amides is 1. The molecule has 2 rings (SSSR count). The zero-order chi connectivity index (χ0) is 12.1. The van der Waals surface area contributed by atoms with Crippen LogP contribution in [0, 0.1) is 11.3 Å². The first-order valence-electron chi connectivity index (χ1n) is 4.92. The van der Waals surface area contributed by atoms with Crippen LogP contribution in [-0.4, -0.2) is 20.9 Å². The van der Waals surface area contributed by atoms with E-state index in [1.54, 1.807) is 18.5 Å². The van der Waals surface area contributed by atoms with E-state index in [1.165, 1.54) is 12.3 Å². The van der Waals surface area contributed by atoms with E-state index in [9.17, 15) is 4.79 Å². The molecule has 6 nitrogen and oxygen atoms in total. The number of carbonyl (C=O) groups excluding carboxylic acids is 1. The van der Waals surface area contributed by atoms with Crippen LogP contribution in [0.25, 0.3) is 0 Å². The lowest BCUT2D eigenvalue weighted by Gasteiger charge is -2.02. The topological polar surface area (TPSA) is 94.5 Å². The molecule has 0 aliphatic carbocycles. The fourth-order valence-corrected chi connectivity index (χ4v) is 1.24. The SMILES string of the molecule is N#Cc1ccc(C(=O)NCc2ncc[nH]2)nc1. The van der Waals surface area contributed by atoms with E-state index in [-0.39, 0.29) is 11.6 Å². The molecule has 0 saturated carbocycles. The molecule has 0 aliphatic rings.